The van der Waals surface area contributed by atoms with Crippen molar-refractivity contribution in [2.45, 2.75) is 32.4 Å². The number of benzene rings is 2. The molecule has 8 heteroatoms. The number of aryl methyl sites for hydroxylation is 2. The molecule has 4 aromatic rings. The van der Waals surface area contributed by atoms with E-state index in [2.05, 4.69) is 21.8 Å². The molecule has 2 N–H and O–H groups in total. The SMILES string of the molecule is C=CCNC(=S)c1c(-c2ccc(Cl)cc2)c2c3n(c(CNc4ccc(F)cc4)nn13)CCCC2. The second-order valence-electron chi connectivity index (χ2n) is 8.33. The molecular weight excluding hydrogens is 469 g/mol. The van der Waals surface area contributed by atoms with E-state index in [1.54, 1.807) is 18.2 Å². The Kier molecular flexibility index (Phi) is 6.39. The second-order valence-corrected chi connectivity index (χ2v) is 9.17. The summed E-state index contributed by atoms with van der Waals surface area (Å²) in [6, 6.07) is 14.3. The maximum absolute atomic E-state index is 13.3. The molecule has 0 unspecified atom stereocenters. The highest BCUT2D eigenvalue weighted by Gasteiger charge is 2.28. The molecule has 0 saturated carbocycles. The maximum atomic E-state index is 13.3. The largest absolute Gasteiger partial charge is 0.378 e. The Morgan fingerprint density at radius 2 is 1.91 bits per heavy atom. The van der Waals surface area contributed by atoms with E-state index >= 15 is 0 Å². The third kappa shape index (κ3) is 4.21. The minimum Gasteiger partial charge on any atom is -0.378 e. The van der Waals surface area contributed by atoms with Gasteiger partial charge in [-0.05, 0) is 61.2 Å². The number of hydrogen-bond donors (Lipinski definition) is 2. The van der Waals surface area contributed by atoms with Crippen LogP contribution in [0.25, 0.3) is 16.8 Å². The molecule has 5 nitrogen and oxygen atoms in total. The van der Waals surface area contributed by atoms with Gasteiger partial charge in [0.25, 0.3) is 0 Å². The van der Waals surface area contributed by atoms with Gasteiger partial charge in [-0.1, -0.05) is 42.0 Å². The Bertz CT molecular complexity index is 1360. The van der Waals surface area contributed by atoms with Crippen molar-refractivity contribution in [3.63, 3.8) is 0 Å². The van der Waals surface area contributed by atoms with E-state index in [4.69, 9.17) is 28.9 Å². The number of halogens is 2. The summed E-state index contributed by atoms with van der Waals surface area (Å²) >= 11 is 12.0. The van der Waals surface area contributed by atoms with Crippen LogP contribution >= 0.6 is 23.8 Å². The predicted molar refractivity (Wildman–Crippen MR) is 140 cm³/mol. The Balaban J connectivity index is 1.64. The summed E-state index contributed by atoms with van der Waals surface area (Å²) in [5.41, 5.74) is 6.24. The quantitative estimate of drug-likeness (QED) is 0.245. The van der Waals surface area contributed by atoms with Crippen LogP contribution in [0.15, 0.2) is 61.2 Å². The van der Waals surface area contributed by atoms with Crippen LogP contribution in [0.1, 0.15) is 29.9 Å². The second kappa shape index (κ2) is 9.60. The van der Waals surface area contributed by atoms with Crippen molar-refractivity contribution < 1.29 is 4.39 Å². The zero-order valence-electron chi connectivity index (χ0n) is 18.7. The average Bonchev–Trinajstić information content (AvgIpc) is 3.24. The van der Waals surface area contributed by atoms with Crippen LogP contribution in [-0.2, 0) is 19.5 Å². The van der Waals surface area contributed by atoms with E-state index in [9.17, 15) is 4.39 Å². The molecule has 2 aromatic heterocycles. The molecule has 0 amide bonds. The summed E-state index contributed by atoms with van der Waals surface area (Å²) < 4.78 is 17.6. The molecule has 0 aliphatic carbocycles. The van der Waals surface area contributed by atoms with Gasteiger partial charge >= 0.3 is 0 Å². The highest BCUT2D eigenvalue weighted by Crippen LogP contribution is 2.37. The minimum absolute atomic E-state index is 0.253. The molecule has 0 bridgehead atoms. The van der Waals surface area contributed by atoms with E-state index in [1.807, 2.05) is 28.8 Å². The van der Waals surface area contributed by atoms with Gasteiger partial charge in [-0.25, -0.2) is 8.91 Å². The Hall–Kier alpha value is -3.16. The van der Waals surface area contributed by atoms with Gasteiger partial charge in [0.2, 0.25) is 0 Å². The first kappa shape index (κ1) is 22.6. The molecule has 34 heavy (non-hydrogen) atoms. The number of rotatable bonds is 7. The Morgan fingerprint density at radius 3 is 2.65 bits per heavy atom. The fourth-order valence-electron chi connectivity index (χ4n) is 4.57. The van der Waals surface area contributed by atoms with E-state index in [0.29, 0.717) is 23.1 Å². The molecule has 0 atom stereocenters. The topological polar surface area (TPSA) is 46.3 Å². The molecule has 2 aromatic carbocycles. The van der Waals surface area contributed by atoms with Crippen LogP contribution in [0.3, 0.4) is 0 Å². The van der Waals surface area contributed by atoms with Crippen LogP contribution in [0.5, 0.6) is 0 Å². The van der Waals surface area contributed by atoms with Crippen LogP contribution in [0.2, 0.25) is 5.02 Å². The molecule has 1 aliphatic rings. The molecule has 174 valence electrons. The monoisotopic (exact) mass is 493 g/mol. The predicted octanol–water partition coefficient (Wildman–Crippen LogP) is 5.99. The highest BCUT2D eigenvalue weighted by molar-refractivity contribution is 7.80. The van der Waals surface area contributed by atoms with Crippen LogP contribution < -0.4 is 10.6 Å². The van der Waals surface area contributed by atoms with Gasteiger partial charge in [0.05, 0.1) is 6.54 Å². The standard InChI is InChI=1S/C26H25ClFN5S/c1-2-14-29-25(34)24-23(17-6-8-18(27)9-7-17)21-5-3-4-15-32-22(31-33(24)26(21)32)16-30-20-12-10-19(28)11-13-20/h2,6-13,30H,1,3-5,14-16H2,(H,29,34). The molecule has 1 aliphatic heterocycles. The maximum Gasteiger partial charge on any atom is 0.150 e. The van der Waals surface area contributed by atoms with Crippen molar-refractivity contribution in [3.8, 4) is 11.1 Å². The summed E-state index contributed by atoms with van der Waals surface area (Å²) in [4.78, 5) is 0.634. The third-order valence-electron chi connectivity index (χ3n) is 6.11. The zero-order valence-corrected chi connectivity index (χ0v) is 20.2. The van der Waals surface area contributed by atoms with Crippen molar-refractivity contribution in [1.82, 2.24) is 19.5 Å². The van der Waals surface area contributed by atoms with Crippen molar-refractivity contribution in [1.29, 1.82) is 0 Å². The fraction of sp³-hybridized carbons (Fsp3) is 0.231. The van der Waals surface area contributed by atoms with Crippen molar-refractivity contribution in [2.24, 2.45) is 0 Å². The molecule has 5 rings (SSSR count). The molecule has 0 radical (unpaired) electrons. The van der Waals surface area contributed by atoms with Crippen LogP contribution in [0, 0.1) is 5.82 Å². The van der Waals surface area contributed by atoms with E-state index < -0.39 is 0 Å². The lowest BCUT2D eigenvalue weighted by Gasteiger charge is -2.11. The number of hydrogen-bond acceptors (Lipinski definition) is 3. The molecule has 3 heterocycles. The summed E-state index contributed by atoms with van der Waals surface area (Å²) in [7, 11) is 0. The van der Waals surface area contributed by atoms with Gasteiger partial charge in [0, 0.05) is 34.9 Å². The summed E-state index contributed by atoms with van der Waals surface area (Å²) in [5.74, 6) is 0.662. The van der Waals surface area contributed by atoms with Gasteiger partial charge in [-0.15, -0.1) is 6.58 Å². The van der Waals surface area contributed by atoms with Gasteiger partial charge in [-0.2, -0.15) is 5.10 Å². The van der Waals surface area contributed by atoms with Gasteiger partial charge < -0.3 is 15.2 Å². The molecular formula is C26H25ClFN5S. The average molecular weight is 494 g/mol. The lowest BCUT2D eigenvalue weighted by Crippen LogP contribution is -2.24. The number of thiocarbonyl (C=S) groups is 1. The highest BCUT2D eigenvalue weighted by atomic mass is 35.5. The smallest absolute Gasteiger partial charge is 0.150 e. The molecule has 0 spiro atoms. The fourth-order valence-corrected chi connectivity index (χ4v) is 4.97. The molecule has 0 fully saturated rings. The first-order chi connectivity index (χ1) is 16.6. The van der Waals surface area contributed by atoms with Crippen LogP contribution in [0.4, 0.5) is 10.1 Å². The van der Waals surface area contributed by atoms with Gasteiger partial charge in [-0.3, -0.25) is 0 Å². The van der Waals surface area contributed by atoms with Crippen LogP contribution in [-0.4, -0.2) is 25.7 Å². The number of nitrogens with zero attached hydrogens (tertiary/aromatic N) is 3. The van der Waals surface area contributed by atoms with Gasteiger partial charge in [0.15, 0.2) is 5.82 Å². The van der Waals surface area contributed by atoms with E-state index in [0.717, 1.165) is 59.8 Å². The first-order valence-electron chi connectivity index (χ1n) is 11.3. The normalized spacial score (nSPS) is 13.0. The Morgan fingerprint density at radius 1 is 1.15 bits per heavy atom. The van der Waals surface area contributed by atoms with Crippen molar-refractivity contribution in [2.75, 3.05) is 11.9 Å². The lowest BCUT2D eigenvalue weighted by atomic mass is 9.98. The van der Waals surface area contributed by atoms with Gasteiger partial charge in [0.1, 0.15) is 22.1 Å². The number of aromatic nitrogens is 3. The minimum atomic E-state index is -0.253. The lowest BCUT2D eigenvalue weighted by molar-refractivity contribution is 0.618. The van der Waals surface area contributed by atoms with E-state index in [-0.39, 0.29) is 5.82 Å². The van der Waals surface area contributed by atoms with Crippen molar-refractivity contribution >= 4 is 40.1 Å². The summed E-state index contributed by atoms with van der Waals surface area (Å²) in [6.07, 6.45) is 4.89. The Labute approximate surface area is 208 Å². The van der Waals surface area contributed by atoms with E-state index in [1.165, 1.54) is 17.7 Å². The summed E-state index contributed by atoms with van der Waals surface area (Å²) in [6.45, 7) is 5.78. The number of anilines is 1. The first-order valence-corrected chi connectivity index (χ1v) is 12.1. The summed E-state index contributed by atoms with van der Waals surface area (Å²) in [5, 5.41) is 12.4. The zero-order chi connectivity index (χ0) is 23.7. The number of nitrogens with one attached hydrogen (secondary N) is 2. The third-order valence-corrected chi connectivity index (χ3v) is 6.70. The van der Waals surface area contributed by atoms with Crippen molar-refractivity contribution in [3.05, 3.63) is 89.1 Å². The molecule has 0 saturated heterocycles.